The highest BCUT2D eigenvalue weighted by atomic mass is 35.5. The Balaban J connectivity index is 0.00000112. The molecule has 0 radical (unpaired) electrons. The van der Waals surface area contributed by atoms with E-state index in [4.69, 9.17) is 5.73 Å². The van der Waals surface area contributed by atoms with E-state index in [0.29, 0.717) is 0 Å². The van der Waals surface area contributed by atoms with Crippen molar-refractivity contribution in [1.82, 2.24) is 10.2 Å². The first-order valence-corrected chi connectivity index (χ1v) is 4.99. The van der Waals surface area contributed by atoms with Crippen LogP contribution in [0.25, 0.3) is 10.9 Å². The van der Waals surface area contributed by atoms with Crippen LogP contribution in [0.4, 0.5) is 0 Å². The van der Waals surface area contributed by atoms with Crippen LogP contribution in [-0.2, 0) is 6.42 Å². The molecule has 0 aliphatic rings. The predicted molar refractivity (Wildman–Crippen MR) is 72.6 cm³/mol. The highest BCUT2D eigenvalue weighted by Crippen LogP contribution is 2.16. The van der Waals surface area contributed by atoms with Crippen LogP contribution in [-0.4, -0.2) is 16.2 Å². The van der Waals surface area contributed by atoms with E-state index in [-0.39, 0.29) is 30.9 Å². The lowest BCUT2D eigenvalue weighted by Crippen LogP contribution is -2.21. The van der Waals surface area contributed by atoms with Gasteiger partial charge in [0.25, 0.3) is 0 Å². The molecule has 1 heterocycles. The number of halogens is 2. The van der Waals surface area contributed by atoms with Crippen molar-refractivity contribution in [3.63, 3.8) is 0 Å². The van der Waals surface area contributed by atoms with Crippen molar-refractivity contribution in [2.75, 3.05) is 0 Å². The number of nitrogens with two attached hydrogens (primary N) is 1. The Bertz CT molecular complexity index is 428. The number of nitrogens with zero attached hydrogens (tertiary/aromatic N) is 1. The van der Waals surface area contributed by atoms with Gasteiger partial charge in [0.2, 0.25) is 0 Å². The number of H-pyrrole nitrogens is 1. The Labute approximate surface area is 108 Å². The SMILES string of the molecule is CCC(N)Cc1[nH]nc2ccccc12.Cl.Cl. The smallest absolute Gasteiger partial charge is 0.0923 e. The van der Waals surface area contributed by atoms with Crippen molar-refractivity contribution in [3.8, 4) is 0 Å². The Hall–Kier alpha value is -0.770. The Morgan fingerprint density at radius 1 is 1.31 bits per heavy atom. The zero-order valence-electron chi connectivity index (χ0n) is 9.14. The van der Waals surface area contributed by atoms with Crippen molar-refractivity contribution in [3.05, 3.63) is 30.0 Å². The second-order valence-electron chi connectivity index (χ2n) is 3.59. The molecule has 1 aromatic heterocycles. The second kappa shape index (κ2) is 6.74. The molecule has 5 heteroatoms. The van der Waals surface area contributed by atoms with Gasteiger partial charge in [-0.3, -0.25) is 5.10 Å². The number of aromatic nitrogens is 2. The summed E-state index contributed by atoms with van der Waals surface area (Å²) in [6.07, 6.45) is 1.87. The Morgan fingerprint density at radius 2 is 2.00 bits per heavy atom. The van der Waals surface area contributed by atoms with Gasteiger partial charge >= 0.3 is 0 Å². The van der Waals surface area contributed by atoms with Crippen LogP contribution in [0.5, 0.6) is 0 Å². The Kier molecular flexibility index (Phi) is 6.41. The third-order valence-electron chi connectivity index (χ3n) is 2.53. The molecule has 1 atom stereocenters. The first-order valence-electron chi connectivity index (χ1n) is 4.99. The summed E-state index contributed by atoms with van der Waals surface area (Å²) < 4.78 is 0. The highest BCUT2D eigenvalue weighted by molar-refractivity contribution is 5.85. The maximum absolute atomic E-state index is 5.91. The first-order chi connectivity index (χ1) is 6.81. The molecule has 0 fully saturated rings. The van der Waals surface area contributed by atoms with Gasteiger partial charge in [-0.15, -0.1) is 24.8 Å². The van der Waals surface area contributed by atoms with Crippen molar-refractivity contribution in [2.45, 2.75) is 25.8 Å². The van der Waals surface area contributed by atoms with Crippen LogP contribution in [0, 0.1) is 0 Å². The first kappa shape index (κ1) is 15.2. The van der Waals surface area contributed by atoms with Crippen molar-refractivity contribution in [1.29, 1.82) is 0 Å². The monoisotopic (exact) mass is 261 g/mol. The summed E-state index contributed by atoms with van der Waals surface area (Å²) in [6.45, 7) is 2.10. The van der Waals surface area contributed by atoms with E-state index < -0.39 is 0 Å². The molecule has 2 aromatic rings. The molecule has 1 aromatic carbocycles. The summed E-state index contributed by atoms with van der Waals surface area (Å²) in [4.78, 5) is 0. The van der Waals surface area contributed by atoms with E-state index in [9.17, 15) is 0 Å². The predicted octanol–water partition coefficient (Wildman–Crippen LogP) is 2.69. The van der Waals surface area contributed by atoms with Gasteiger partial charge < -0.3 is 5.73 Å². The quantitative estimate of drug-likeness (QED) is 0.893. The molecule has 3 N–H and O–H groups in total. The number of hydrogen-bond donors (Lipinski definition) is 2. The van der Waals surface area contributed by atoms with Crippen LogP contribution in [0.1, 0.15) is 19.0 Å². The van der Waals surface area contributed by atoms with E-state index in [2.05, 4.69) is 23.2 Å². The number of benzene rings is 1. The third kappa shape index (κ3) is 3.11. The lowest BCUT2D eigenvalue weighted by molar-refractivity contribution is 0.637. The molecule has 90 valence electrons. The lowest BCUT2D eigenvalue weighted by Gasteiger charge is -2.06. The number of fused-ring (bicyclic) bond motifs is 1. The normalized spacial score (nSPS) is 11.6. The van der Waals surface area contributed by atoms with Crippen molar-refractivity contribution < 1.29 is 0 Å². The minimum absolute atomic E-state index is 0. The van der Waals surface area contributed by atoms with Crippen LogP contribution in [0.3, 0.4) is 0 Å². The molecule has 0 spiro atoms. The molecule has 0 aliphatic carbocycles. The standard InChI is InChI=1S/C11H15N3.2ClH/c1-2-8(12)7-11-9-5-3-4-6-10(9)13-14-11;;/h3-6,8H,2,7,12H2,1H3,(H,13,14);2*1H. The minimum Gasteiger partial charge on any atom is -0.327 e. The Morgan fingerprint density at radius 3 is 2.69 bits per heavy atom. The molecule has 0 saturated carbocycles. The van der Waals surface area contributed by atoms with Crippen LogP contribution >= 0.6 is 24.8 Å². The van der Waals surface area contributed by atoms with Gasteiger partial charge in [-0.25, -0.2) is 0 Å². The molecule has 16 heavy (non-hydrogen) atoms. The average Bonchev–Trinajstić information content (AvgIpc) is 2.62. The zero-order chi connectivity index (χ0) is 9.97. The van der Waals surface area contributed by atoms with Crippen LogP contribution in [0.2, 0.25) is 0 Å². The minimum atomic E-state index is 0. The van der Waals surface area contributed by atoms with Gasteiger partial charge in [0.05, 0.1) is 5.52 Å². The molecule has 0 bridgehead atoms. The van der Waals surface area contributed by atoms with E-state index >= 15 is 0 Å². The molecule has 0 amide bonds. The number of aromatic amines is 1. The topological polar surface area (TPSA) is 54.7 Å². The van der Waals surface area contributed by atoms with E-state index in [1.165, 1.54) is 5.39 Å². The van der Waals surface area contributed by atoms with Gasteiger partial charge in [-0.05, 0) is 12.5 Å². The summed E-state index contributed by atoms with van der Waals surface area (Å²) in [5, 5.41) is 8.47. The van der Waals surface area contributed by atoms with Crippen LogP contribution < -0.4 is 5.73 Å². The number of hydrogen-bond acceptors (Lipinski definition) is 2. The molecule has 2 rings (SSSR count). The van der Waals surface area contributed by atoms with Gasteiger partial charge in [-0.2, -0.15) is 5.10 Å². The summed E-state index contributed by atoms with van der Waals surface area (Å²) in [7, 11) is 0. The highest BCUT2D eigenvalue weighted by Gasteiger charge is 2.07. The molecular weight excluding hydrogens is 245 g/mol. The number of para-hydroxylation sites is 1. The second-order valence-corrected chi connectivity index (χ2v) is 3.59. The summed E-state index contributed by atoms with van der Waals surface area (Å²) in [5.41, 5.74) is 8.07. The van der Waals surface area contributed by atoms with Gasteiger partial charge in [0.15, 0.2) is 0 Å². The van der Waals surface area contributed by atoms with E-state index in [1.807, 2.05) is 18.2 Å². The van der Waals surface area contributed by atoms with Gasteiger partial charge in [-0.1, -0.05) is 25.1 Å². The van der Waals surface area contributed by atoms with Gasteiger partial charge in [0, 0.05) is 23.5 Å². The fraction of sp³-hybridized carbons (Fsp3) is 0.364. The lowest BCUT2D eigenvalue weighted by atomic mass is 10.1. The van der Waals surface area contributed by atoms with Crippen molar-refractivity contribution >= 4 is 35.7 Å². The maximum Gasteiger partial charge on any atom is 0.0923 e. The molecule has 0 saturated heterocycles. The fourth-order valence-corrected chi connectivity index (χ4v) is 1.58. The molecule has 1 unspecified atom stereocenters. The fourth-order valence-electron chi connectivity index (χ4n) is 1.58. The van der Waals surface area contributed by atoms with Crippen molar-refractivity contribution in [2.24, 2.45) is 5.73 Å². The third-order valence-corrected chi connectivity index (χ3v) is 2.53. The largest absolute Gasteiger partial charge is 0.327 e. The van der Waals surface area contributed by atoms with Crippen LogP contribution in [0.15, 0.2) is 24.3 Å². The molecule has 0 aliphatic heterocycles. The zero-order valence-corrected chi connectivity index (χ0v) is 10.8. The maximum atomic E-state index is 5.91. The summed E-state index contributed by atoms with van der Waals surface area (Å²) >= 11 is 0. The average molecular weight is 262 g/mol. The molecule has 3 nitrogen and oxygen atoms in total. The van der Waals surface area contributed by atoms with E-state index in [0.717, 1.165) is 24.1 Å². The molecular formula is C11H17Cl2N3. The van der Waals surface area contributed by atoms with Gasteiger partial charge in [0.1, 0.15) is 0 Å². The number of rotatable bonds is 3. The summed E-state index contributed by atoms with van der Waals surface area (Å²) in [5.74, 6) is 0. The number of nitrogens with one attached hydrogen (secondary N) is 1. The van der Waals surface area contributed by atoms with E-state index in [1.54, 1.807) is 0 Å². The summed E-state index contributed by atoms with van der Waals surface area (Å²) in [6, 6.07) is 8.33.